The predicted molar refractivity (Wildman–Crippen MR) is 103 cm³/mol. The third-order valence-corrected chi connectivity index (χ3v) is 7.13. The van der Waals surface area contributed by atoms with E-state index in [1.807, 2.05) is 12.1 Å². The number of rotatable bonds is 5. The average Bonchev–Trinajstić information content (AvgIpc) is 2.87. The molecule has 1 aromatic rings. The van der Waals surface area contributed by atoms with E-state index in [1.54, 1.807) is 6.07 Å². The van der Waals surface area contributed by atoms with Gasteiger partial charge in [0.2, 0.25) is 0 Å². The first-order chi connectivity index (χ1) is 12.2. The van der Waals surface area contributed by atoms with E-state index in [-0.39, 0.29) is 0 Å². The van der Waals surface area contributed by atoms with Crippen LogP contribution in [0.15, 0.2) is 24.3 Å². The molecule has 2 bridgehead atoms. The highest BCUT2D eigenvalue weighted by Crippen LogP contribution is 2.43. The molecule has 3 aliphatic rings. The van der Waals surface area contributed by atoms with E-state index in [1.165, 1.54) is 76.4 Å². The van der Waals surface area contributed by atoms with Crippen LogP contribution >= 0.6 is 0 Å². The minimum atomic E-state index is 0.418. The highest BCUT2D eigenvalue weighted by atomic mass is 16.3. The molecule has 0 aromatic heterocycles. The maximum absolute atomic E-state index is 9.80. The summed E-state index contributed by atoms with van der Waals surface area (Å²) in [7, 11) is 2.34. The zero-order valence-electron chi connectivity index (χ0n) is 15.7. The molecule has 1 aromatic carbocycles. The number of hydrogen-bond acceptors (Lipinski definition) is 3. The fraction of sp³-hybridized carbons (Fsp3) is 0.727. The van der Waals surface area contributed by atoms with Gasteiger partial charge in [0.15, 0.2) is 0 Å². The maximum Gasteiger partial charge on any atom is 0.115 e. The summed E-state index contributed by atoms with van der Waals surface area (Å²) >= 11 is 0. The van der Waals surface area contributed by atoms with Crippen molar-refractivity contribution in [2.24, 2.45) is 0 Å². The Kier molecular flexibility index (Phi) is 5.33. The number of benzene rings is 1. The molecule has 0 amide bonds. The molecule has 2 aliphatic heterocycles. The molecule has 4 rings (SSSR count). The number of likely N-dealkylation sites (N-methyl/N-ethyl adjacent to an activating group) is 1. The minimum Gasteiger partial charge on any atom is -0.508 e. The Balaban J connectivity index is 1.33. The van der Waals surface area contributed by atoms with E-state index in [0.29, 0.717) is 11.7 Å². The Hall–Kier alpha value is -1.06. The second kappa shape index (κ2) is 7.67. The second-order valence-electron chi connectivity index (χ2n) is 8.66. The Labute approximate surface area is 153 Å². The monoisotopic (exact) mass is 342 g/mol. The normalized spacial score (nSPS) is 30.9. The number of fused-ring (bicyclic) bond motifs is 2. The summed E-state index contributed by atoms with van der Waals surface area (Å²) in [6.45, 7) is 2.48. The van der Waals surface area contributed by atoms with Crippen molar-refractivity contribution in [3.8, 4) is 5.75 Å². The molecule has 3 heteroatoms. The van der Waals surface area contributed by atoms with Crippen LogP contribution in [0.25, 0.3) is 0 Å². The highest BCUT2D eigenvalue weighted by molar-refractivity contribution is 5.30. The maximum atomic E-state index is 9.80. The molecule has 1 saturated carbocycles. The summed E-state index contributed by atoms with van der Waals surface area (Å²) < 4.78 is 0. The van der Waals surface area contributed by atoms with Crippen LogP contribution in [0.2, 0.25) is 0 Å². The van der Waals surface area contributed by atoms with E-state index in [9.17, 15) is 5.11 Å². The fourth-order valence-electron chi connectivity index (χ4n) is 5.67. The van der Waals surface area contributed by atoms with Gasteiger partial charge in [0.05, 0.1) is 0 Å². The first-order valence-electron chi connectivity index (χ1n) is 10.5. The molecule has 2 heterocycles. The van der Waals surface area contributed by atoms with Gasteiger partial charge in [-0.3, -0.25) is 4.90 Å². The summed E-state index contributed by atoms with van der Waals surface area (Å²) in [6, 6.07) is 10.3. The van der Waals surface area contributed by atoms with Crippen molar-refractivity contribution in [3.63, 3.8) is 0 Å². The summed E-state index contributed by atoms with van der Waals surface area (Å²) in [6.07, 6.45) is 12.4. The minimum absolute atomic E-state index is 0.418. The molecule has 1 aliphatic carbocycles. The number of piperidine rings is 1. The predicted octanol–water partition coefficient (Wildman–Crippen LogP) is 4.37. The molecule has 1 N–H and O–H groups in total. The second-order valence-corrected chi connectivity index (χ2v) is 8.66. The zero-order chi connectivity index (χ0) is 17.2. The fourth-order valence-corrected chi connectivity index (χ4v) is 5.67. The average molecular weight is 343 g/mol. The molecule has 0 radical (unpaired) electrons. The molecule has 3 nitrogen and oxygen atoms in total. The number of phenols is 1. The molecule has 0 spiro atoms. The number of aromatic hydroxyl groups is 1. The molecule has 138 valence electrons. The van der Waals surface area contributed by atoms with E-state index >= 15 is 0 Å². The van der Waals surface area contributed by atoms with Crippen molar-refractivity contribution in [1.29, 1.82) is 0 Å². The first kappa shape index (κ1) is 17.4. The van der Waals surface area contributed by atoms with Gasteiger partial charge in [-0.25, -0.2) is 0 Å². The summed E-state index contributed by atoms with van der Waals surface area (Å²) in [4.78, 5) is 5.46. The first-order valence-corrected chi connectivity index (χ1v) is 10.5. The molecular weight excluding hydrogens is 308 g/mol. The van der Waals surface area contributed by atoms with Crippen LogP contribution in [0.1, 0.15) is 69.3 Å². The largest absolute Gasteiger partial charge is 0.508 e. The van der Waals surface area contributed by atoms with Crippen molar-refractivity contribution in [1.82, 2.24) is 9.80 Å². The van der Waals surface area contributed by atoms with E-state index in [2.05, 4.69) is 22.9 Å². The van der Waals surface area contributed by atoms with Gasteiger partial charge >= 0.3 is 0 Å². The van der Waals surface area contributed by atoms with Gasteiger partial charge in [0.25, 0.3) is 0 Å². The van der Waals surface area contributed by atoms with Crippen LogP contribution in [-0.2, 0) is 0 Å². The molecular formula is C22H34N2O. The van der Waals surface area contributed by atoms with Crippen LogP contribution in [0.4, 0.5) is 0 Å². The highest BCUT2D eigenvalue weighted by Gasteiger charge is 2.40. The van der Waals surface area contributed by atoms with E-state index in [4.69, 9.17) is 0 Å². The van der Waals surface area contributed by atoms with Crippen molar-refractivity contribution >= 4 is 0 Å². The quantitative estimate of drug-likeness (QED) is 0.861. The van der Waals surface area contributed by atoms with Crippen molar-refractivity contribution < 1.29 is 5.11 Å². The molecule has 0 unspecified atom stereocenters. The van der Waals surface area contributed by atoms with Gasteiger partial charge in [-0.2, -0.15) is 0 Å². The smallest absolute Gasteiger partial charge is 0.115 e. The number of phenolic OH excluding ortho intramolecular Hbond substituents is 1. The summed E-state index contributed by atoms with van der Waals surface area (Å²) in [5.74, 6) is 1.05. The van der Waals surface area contributed by atoms with Gasteiger partial charge in [-0.1, -0.05) is 31.4 Å². The third kappa shape index (κ3) is 3.88. The lowest BCUT2D eigenvalue weighted by Gasteiger charge is -2.41. The van der Waals surface area contributed by atoms with Crippen LogP contribution in [0, 0.1) is 0 Å². The third-order valence-electron chi connectivity index (χ3n) is 7.13. The lowest BCUT2D eigenvalue weighted by atomic mass is 9.85. The van der Waals surface area contributed by atoms with Crippen molar-refractivity contribution in [3.05, 3.63) is 29.8 Å². The van der Waals surface area contributed by atoms with E-state index in [0.717, 1.165) is 18.1 Å². The Morgan fingerprint density at radius 2 is 1.76 bits per heavy atom. The van der Waals surface area contributed by atoms with Crippen molar-refractivity contribution in [2.75, 3.05) is 20.1 Å². The van der Waals surface area contributed by atoms with Crippen molar-refractivity contribution in [2.45, 2.75) is 81.8 Å². The van der Waals surface area contributed by atoms with Gasteiger partial charge in [-0.15, -0.1) is 0 Å². The van der Waals surface area contributed by atoms with Gasteiger partial charge in [0, 0.05) is 31.2 Å². The van der Waals surface area contributed by atoms with Crippen LogP contribution in [0.3, 0.4) is 0 Å². The molecule has 25 heavy (non-hydrogen) atoms. The topological polar surface area (TPSA) is 26.7 Å². The van der Waals surface area contributed by atoms with Crippen LogP contribution < -0.4 is 0 Å². The lowest BCUT2D eigenvalue weighted by Crippen LogP contribution is -2.47. The van der Waals surface area contributed by atoms with Gasteiger partial charge in [-0.05, 0) is 69.2 Å². The van der Waals surface area contributed by atoms with Crippen LogP contribution in [0.5, 0.6) is 5.75 Å². The van der Waals surface area contributed by atoms with Crippen LogP contribution in [-0.4, -0.2) is 53.2 Å². The van der Waals surface area contributed by atoms with Gasteiger partial charge < -0.3 is 10.0 Å². The molecule has 3 fully saturated rings. The summed E-state index contributed by atoms with van der Waals surface area (Å²) in [5, 5.41) is 9.80. The lowest BCUT2D eigenvalue weighted by molar-refractivity contribution is 0.0972. The SMILES string of the molecule is CN(CCN1[C@@H]2CC[C@H]1C[C@@H](c1cccc(O)c1)C2)C1CCCCC1. The van der Waals surface area contributed by atoms with Gasteiger partial charge in [0.1, 0.15) is 5.75 Å². The Bertz CT molecular complexity index is 555. The standard InChI is InChI=1S/C22H34N2O/c1-23(19-7-3-2-4-8-19)12-13-24-20-10-11-21(24)15-18(14-20)17-6-5-9-22(25)16-17/h5-6,9,16,18-21,25H,2-4,7-8,10-15H2,1H3/t18-,20+,21-. The number of nitrogens with zero attached hydrogens (tertiary/aromatic N) is 2. The summed E-state index contributed by atoms with van der Waals surface area (Å²) in [5.41, 5.74) is 1.34. The zero-order valence-corrected chi connectivity index (χ0v) is 15.7. The number of hydrogen-bond donors (Lipinski definition) is 1. The van der Waals surface area contributed by atoms with E-state index < -0.39 is 0 Å². The Morgan fingerprint density at radius 3 is 2.44 bits per heavy atom. The molecule has 2 saturated heterocycles. The Morgan fingerprint density at radius 1 is 1.04 bits per heavy atom. The molecule has 3 atom stereocenters.